The molecule has 32 heavy (non-hydrogen) atoms. The van der Waals surface area contributed by atoms with Crippen LogP contribution in [-0.4, -0.2) is 70.0 Å². The summed E-state index contributed by atoms with van der Waals surface area (Å²) in [5, 5.41) is 6.89. The van der Waals surface area contributed by atoms with E-state index in [9.17, 15) is 0 Å². The second kappa shape index (κ2) is 12.3. The lowest BCUT2D eigenvalue weighted by molar-refractivity contribution is 0.0169. The molecule has 0 spiro atoms. The molecule has 1 fully saturated rings. The van der Waals surface area contributed by atoms with Gasteiger partial charge in [-0.1, -0.05) is 42.0 Å². The minimum atomic E-state index is -0.0692. The normalized spacial score (nSPS) is 19.6. The summed E-state index contributed by atoms with van der Waals surface area (Å²) in [4.78, 5) is 6.88. The second-order valence-electron chi connectivity index (χ2n) is 7.91. The van der Waals surface area contributed by atoms with E-state index in [4.69, 9.17) is 14.2 Å². The Kier molecular flexibility index (Phi) is 9.43. The highest BCUT2D eigenvalue weighted by atomic mass is 127. The van der Waals surface area contributed by atoms with Gasteiger partial charge in [-0.2, -0.15) is 0 Å². The first kappa shape index (κ1) is 24.6. The fourth-order valence-electron chi connectivity index (χ4n) is 4.01. The van der Waals surface area contributed by atoms with Gasteiger partial charge in [-0.3, -0.25) is 9.89 Å². The molecule has 2 aromatic rings. The van der Waals surface area contributed by atoms with E-state index in [0.717, 1.165) is 50.3 Å². The lowest BCUT2D eigenvalue weighted by atomic mass is 10.0. The SMILES string of the molecule is CN=C(NCC1COc2ccccc2O1)NCC(c1cccc(C)c1)N1CCOCC1.I. The number of nitrogens with zero attached hydrogens (tertiary/aromatic N) is 2. The van der Waals surface area contributed by atoms with Crippen molar-refractivity contribution in [2.75, 3.05) is 53.0 Å². The molecule has 1 saturated heterocycles. The second-order valence-corrected chi connectivity index (χ2v) is 7.91. The molecule has 2 heterocycles. The minimum Gasteiger partial charge on any atom is -0.486 e. The quantitative estimate of drug-likeness (QED) is 0.327. The topological polar surface area (TPSA) is 67.4 Å². The fraction of sp³-hybridized carbons (Fsp3) is 0.458. The lowest BCUT2D eigenvalue weighted by Gasteiger charge is -2.35. The van der Waals surface area contributed by atoms with Crippen molar-refractivity contribution in [3.63, 3.8) is 0 Å². The number of morpholine rings is 1. The molecule has 2 N–H and O–H groups in total. The molecule has 0 radical (unpaired) electrons. The average Bonchev–Trinajstić information content (AvgIpc) is 2.82. The minimum absolute atomic E-state index is 0. The van der Waals surface area contributed by atoms with E-state index in [1.54, 1.807) is 7.05 Å². The Bertz CT molecular complexity index is 889. The van der Waals surface area contributed by atoms with Crippen LogP contribution in [0, 0.1) is 6.92 Å². The van der Waals surface area contributed by atoms with E-state index in [0.29, 0.717) is 13.2 Å². The number of fused-ring (bicyclic) bond motifs is 1. The molecule has 0 amide bonds. The number of hydrogen-bond donors (Lipinski definition) is 2. The molecule has 2 atom stereocenters. The molecule has 2 aromatic carbocycles. The molecule has 0 aliphatic carbocycles. The highest BCUT2D eigenvalue weighted by molar-refractivity contribution is 14.0. The molecule has 2 unspecified atom stereocenters. The van der Waals surface area contributed by atoms with E-state index in [1.165, 1.54) is 11.1 Å². The zero-order chi connectivity index (χ0) is 21.5. The molecule has 174 valence electrons. The van der Waals surface area contributed by atoms with Crippen molar-refractivity contribution < 1.29 is 14.2 Å². The Morgan fingerprint density at radius 1 is 1.09 bits per heavy atom. The highest BCUT2D eigenvalue weighted by Gasteiger charge is 2.24. The maximum absolute atomic E-state index is 6.04. The average molecular weight is 552 g/mol. The number of halogens is 1. The first-order valence-electron chi connectivity index (χ1n) is 10.9. The number of aryl methyl sites for hydroxylation is 1. The summed E-state index contributed by atoms with van der Waals surface area (Å²) in [6.07, 6.45) is -0.0692. The van der Waals surface area contributed by atoms with Crippen LogP contribution in [-0.2, 0) is 4.74 Å². The van der Waals surface area contributed by atoms with Crippen molar-refractivity contribution in [3.05, 3.63) is 59.7 Å². The molecule has 2 aliphatic rings. The number of rotatable bonds is 6. The molecular formula is C24H33IN4O3. The number of hydrogen-bond acceptors (Lipinski definition) is 5. The lowest BCUT2D eigenvalue weighted by Crippen LogP contribution is -2.48. The molecule has 4 rings (SSSR count). The predicted molar refractivity (Wildman–Crippen MR) is 137 cm³/mol. The zero-order valence-electron chi connectivity index (χ0n) is 18.8. The van der Waals surface area contributed by atoms with Crippen molar-refractivity contribution in [1.29, 1.82) is 0 Å². The van der Waals surface area contributed by atoms with E-state index in [-0.39, 0.29) is 36.1 Å². The summed E-state index contributed by atoms with van der Waals surface area (Å²) in [5.41, 5.74) is 2.58. The summed E-state index contributed by atoms with van der Waals surface area (Å²) in [6, 6.07) is 16.8. The molecular weight excluding hydrogens is 519 g/mol. The van der Waals surface area contributed by atoms with Crippen LogP contribution in [0.5, 0.6) is 11.5 Å². The van der Waals surface area contributed by atoms with Crippen LogP contribution in [0.3, 0.4) is 0 Å². The summed E-state index contributed by atoms with van der Waals surface area (Å²) in [7, 11) is 1.79. The summed E-state index contributed by atoms with van der Waals surface area (Å²) in [6.45, 7) is 7.43. The maximum atomic E-state index is 6.04. The van der Waals surface area contributed by atoms with Gasteiger partial charge >= 0.3 is 0 Å². The third kappa shape index (κ3) is 6.49. The van der Waals surface area contributed by atoms with E-state index >= 15 is 0 Å². The van der Waals surface area contributed by atoms with Crippen molar-refractivity contribution in [3.8, 4) is 11.5 Å². The van der Waals surface area contributed by atoms with Crippen molar-refractivity contribution in [2.24, 2.45) is 4.99 Å². The Balaban J connectivity index is 0.00000289. The Morgan fingerprint density at radius 3 is 2.62 bits per heavy atom. The molecule has 2 aliphatic heterocycles. The molecule has 0 aromatic heterocycles. The Hall–Kier alpha value is -2.04. The Morgan fingerprint density at radius 2 is 1.88 bits per heavy atom. The molecule has 8 heteroatoms. The smallest absolute Gasteiger partial charge is 0.191 e. The van der Waals surface area contributed by atoms with Crippen LogP contribution in [0.15, 0.2) is 53.5 Å². The molecule has 0 bridgehead atoms. The number of para-hydroxylation sites is 2. The summed E-state index contributed by atoms with van der Waals surface area (Å²) in [5.74, 6) is 2.34. The third-order valence-corrected chi connectivity index (χ3v) is 5.66. The van der Waals surface area contributed by atoms with Crippen LogP contribution in [0.1, 0.15) is 17.2 Å². The first-order chi connectivity index (χ1) is 15.2. The van der Waals surface area contributed by atoms with E-state index < -0.39 is 0 Å². The van der Waals surface area contributed by atoms with Crippen molar-refractivity contribution in [1.82, 2.24) is 15.5 Å². The van der Waals surface area contributed by atoms with Crippen LogP contribution >= 0.6 is 24.0 Å². The van der Waals surface area contributed by atoms with Crippen LogP contribution in [0.2, 0.25) is 0 Å². The first-order valence-corrected chi connectivity index (χ1v) is 10.9. The van der Waals surface area contributed by atoms with Crippen LogP contribution in [0.25, 0.3) is 0 Å². The van der Waals surface area contributed by atoms with Gasteiger partial charge in [0.25, 0.3) is 0 Å². The standard InChI is InChI=1S/C24H32N4O3.HI/c1-18-6-5-7-19(14-18)21(28-10-12-29-13-11-28)16-27-24(25-2)26-15-20-17-30-22-8-3-4-9-23(22)31-20;/h3-9,14,20-21H,10-13,15-17H2,1-2H3,(H2,25,26,27);1H. The summed E-state index contributed by atoms with van der Waals surface area (Å²) < 4.78 is 17.4. The monoisotopic (exact) mass is 552 g/mol. The molecule has 7 nitrogen and oxygen atoms in total. The van der Waals surface area contributed by atoms with Gasteiger partial charge < -0.3 is 24.8 Å². The van der Waals surface area contributed by atoms with Gasteiger partial charge in [-0.05, 0) is 24.6 Å². The third-order valence-electron chi connectivity index (χ3n) is 5.66. The van der Waals surface area contributed by atoms with E-state index in [2.05, 4.69) is 51.7 Å². The summed E-state index contributed by atoms with van der Waals surface area (Å²) >= 11 is 0. The Labute approximate surface area is 207 Å². The predicted octanol–water partition coefficient (Wildman–Crippen LogP) is 2.99. The number of aliphatic imine (C=N–C) groups is 1. The largest absolute Gasteiger partial charge is 0.486 e. The fourth-order valence-corrected chi connectivity index (χ4v) is 4.01. The number of guanidine groups is 1. The van der Waals surface area contributed by atoms with Gasteiger partial charge in [0.15, 0.2) is 17.5 Å². The highest BCUT2D eigenvalue weighted by Crippen LogP contribution is 2.30. The van der Waals surface area contributed by atoms with Gasteiger partial charge in [0, 0.05) is 26.7 Å². The number of nitrogens with one attached hydrogen (secondary N) is 2. The number of ether oxygens (including phenoxy) is 3. The van der Waals surface area contributed by atoms with Gasteiger partial charge in [-0.15, -0.1) is 24.0 Å². The molecule has 0 saturated carbocycles. The van der Waals surface area contributed by atoms with Crippen LogP contribution < -0.4 is 20.1 Å². The van der Waals surface area contributed by atoms with Gasteiger partial charge in [-0.25, -0.2) is 0 Å². The van der Waals surface area contributed by atoms with Gasteiger partial charge in [0.1, 0.15) is 12.7 Å². The van der Waals surface area contributed by atoms with Gasteiger partial charge in [0.05, 0.1) is 25.8 Å². The maximum Gasteiger partial charge on any atom is 0.191 e. The zero-order valence-corrected chi connectivity index (χ0v) is 21.1. The van der Waals surface area contributed by atoms with E-state index in [1.807, 2.05) is 24.3 Å². The van der Waals surface area contributed by atoms with Crippen molar-refractivity contribution >= 4 is 29.9 Å². The van der Waals surface area contributed by atoms with Crippen LogP contribution in [0.4, 0.5) is 0 Å². The van der Waals surface area contributed by atoms with Crippen molar-refractivity contribution in [2.45, 2.75) is 19.1 Å². The number of benzene rings is 2. The van der Waals surface area contributed by atoms with Gasteiger partial charge in [0.2, 0.25) is 0 Å².